The number of halogens is 1. The fraction of sp³-hybridized carbons (Fsp3) is 0.370. The number of benzene rings is 2. The number of amides is 2. The number of hydrogen-bond donors (Lipinski definition) is 1. The molecule has 178 valence electrons. The van der Waals surface area contributed by atoms with Crippen molar-refractivity contribution in [3.63, 3.8) is 0 Å². The third-order valence-electron chi connectivity index (χ3n) is 6.13. The molecule has 1 fully saturated rings. The van der Waals surface area contributed by atoms with E-state index in [1.807, 2.05) is 43.3 Å². The number of aliphatic imine (C=N–C) groups is 1. The summed E-state index contributed by atoms with van der Waals surface area (Å²) < 4.78 is 0.947. The number of rotatable bonds is 7. The molecule has 4 rings (SSSR count). The van der Waals surface area contributed by atoms with Gasteiger partial charge < -0.3 is 5.32 Å². The number of nitrogens with one attached hydrogen (secondary N) is 1. The normalized spacial score (nSPS) is 19.4. The largest absolute Gasteiger partial charge is 0.326 e. The second-order valence-corrected chi connectivity index (χ2v) is 11.0. The van der Waals surface area contributed by atoms with E-state index in [0.717, 1.165) is 35.0 Å². The minimum Gasteiger partial charge on any atom is -0.326 e. The van der Waals surface area contributed by atoms with Gasteiger partial charge in [0.05, 0.1) is 5.69 Å². The first-order chi connectivity index (χ1) is 16.4. The Hall–Kier alpha value is -2.38. The first-order valence-corrected chi connectivity index (χ1v) is 13.4. The number of anilines is 1. The Morgan fingerprint density at radius 2 is 1.97 bits per heavy atom. The van der Waals surface area contributed by atoms with Gasteiger partial charge in [0, 0.05) is 23.1 Å². The highest BCUT2D eigenvalue weighted by Gasteiger charge is 2.39. The molecule has 2 amide bonds. The van der Waals surface area contributed by atoms with Crippen LogP contribution in [0.1, 0.15) is 49.7 Å². The molecule has 0 radical (unpaired) electrons. The standard InChI is InChI=1S/C27H30BrN3O2S/c1-18-8-13-23(19(2)16-18)30-27-31(15-14-20-6-4-3-5-7-20)26(33)24(34-27)17-25(32)29-22-11-9-21(28)10-12-22/h6,8-13,16,24H,3-5,7,14-15,17H2,1-2H3,(H,29,32). The van der Waals surface area contributed by atoms with E-state index in [1.165, 1.54) is 35.7 Å². The summed E-state index contributed by atoms with van der Waals surface area (Å²) in [5, 5.41) is 3.12. The lowest BCUT2D eigenvalue weighted by molar-refractivity contribution is -0.128. The Morgan fingerprint density at radius 3 is 2.68 bits per heavy atom. The molecular weight excluding hydrogens is 510 g/mol. The lowest BCUT2D eigenvalue weighted by atomic mass is 9.97. The zero-order valence-corrected chi connectivity index (χ0v) is 22.0. The van der Waals surface area contributed by atoms with Crippen LogP contribution in [0, 0.1) is 13.8 Å². The molecule has 5 nitrogen and oxygen atoms in total. The minimum absolute atomic E-state index is 0.0316. The highest BCUT2D eigenvalue weighted by molar-refractivity contribution is 9.10. The van der Waals surface area contributed by atoms with E-state index >= 15 is 0 Å². The van der Waals surface area contributed by atoms with E-state index in [1.54, 1.807) is 4.90 Å². The fourth-order valence-electron chi connectivity index (χ4n) is 4.27. The Balaban J connectivity index is 1.50. The van der Waals surface area contributed by atoms with Gasteiger partial charge in [-0.1, -0.05) is 57.0 Å². The lowest BCUT2D eigenvalue weighted by Crippen LogP contribution is -2.34. The number of nitrogens with zero attached hydrogens (tertiary/aromatic N) is 2. The summed E-state index contributed by atoms with van der Waals surface area (Å²) >= 11 is 4.80. The maximum Gasteiger partial charge on any atom is 0.242 e. The lowest BCUT2D eigenvalue weighted by Gasteiger charge is -2.19. The summed E-state index contributed by atoms with van der Waals surface area (Å²) in [6.45, 7) is 4.70. The molecule has 1 saturated heterocycles. The minimum atomic E-state index is -0.472. The van der Waals surface area contributed by atoms with Crippen molar-refractivity contribution in [1.29, 1.82) is 0 Å². The Bertz CT molecular complexity index is 1130. The van der Waals surface area contributed by atoms with E-state index in [-0.39, 0.29) is 18.2 Å². The third-order valence-corrected chi connectivity index (χ3v) is 7.83. The van der Waals surface area contributed by atoms with Crippen LogP contribution in [0.3, 0.4) is 0 Å². The van der Waals surface area contributed by atoms with Gasteiger partial charge in [-0.05, 0) is 81.8 Å². The number of amidine groups is 1. The summed E-state index contributed by atoms with van der Waals surface area (Å²) in [6, 6.07) is 13.6. The predicted molar refractivity (Wildman–Crippen MR) is 145 cm³/mol. The van der Waals surface area contributed by atoms with E-state index in [9.17, 15) is 9.59 Å². The second kappa shape index (κ2) is 11.4. The molecule has 0 aromatic heterocycles. The summed E-state index contributed by atoms with van der Waals surface area (Å²) in [7, 11) is 0. The SMILES string of the molecule is Cc1ccc(N=C2SC(CC(=O)Nc3ccc(Br)cc3)C(=O)N2CCC2=CCCCC2)c(C)c1. The van der Waals surface area contributed by atoms with Crippen molar-refractivity contribution in [3.8, 4) is 0 Å². The quantitative estimate of drug-likeness (QED) is 0.388. The highest BCUT2D eigenvalue weighted by atomic mass is 79.9. The van der Waals surface area contributed by atoms with Gasteiger partial charge in [-0.3, -0.25) is 14.5 Å². The van der Waals surface area contributed by atoms with Gasteiger partial charge >= 0.3 is 0 Å². The van der Waals surface area contributed by atoms with Gasteiger partial charge in [0.15, 0.2) is 5.17 Å². The number of aryl methyl sites for hydroxylation is 2. The molecule has 0 spiro atoms. The Labute approximate surface area is 214 Å². The molecule has 34 heavy (non-hydrogen) atoms. The molecule has 1 N–H and O–H groups in total. The maximum absolute atomic E-state index is 13.4. The maximum atomic E-state index is 13.4. The van der Waals surface area contributed by atoms with Crippen LogP contribution in [-0.4, -0.2) is 33.7 Å². The second-order valence-electron chi connectivity index (χ2n) is 8.90. The first-order valence-electron chi connectivity index (χ1n) is 11.8. The zero-order chi connectivity index (χ0) is 24.1. The molecule has 0 saturated carbocycles. The summed E-state index contributed by atoms with van der Waals surface area (Å²) in [6.07, 6.45) is 7.99. The summed E-state index contributed by atoms with van der Waals surface area (Å²) in [5.41, 5.74) is 5.26. The van der Waals surface area contributed by atoms with Crippen molar-refractivity contribution in [1.82, 2.24) is 4.90 Å². The molecule has 0 bridgehead atoms. The molecule has 1 aliphatic carbocycles. The predicted octanol–water partition coefficient (Wildman–Crippen LogP) is 6.92. The van der Waals surface area contributed by atoms with Crippen molar-refractivity contribution < 1.29 is 9.59 Å². The fourth-order valence-corrected chi connectivity index (χ4v) is 5.71. The Morgan fingerprint density at radius 1 is 1.18 bits per heavy atom. The molecule has 2 aromatic rings. The van der Waals surface area contributed by atoms with Crippen LogP contribution in [0.5, 0.6) is 0 Å². The molecular formula is C27H30BrN3O2S. The first kappa shape index (κ1) is 24.7. The van der Waals surface area contributed by atoms with Crippen LogP contribution in [0.4, 0.5) is 11.4 Å². The molecule has 2 aromatic carbocycles. The number of carbonyl (C=O) groups excluding carboxylic acids is 2. The van der Waals surface area contributed by atoms with Crippen molar-refractivity contribution in [2.45, 2.75) is 57.6 Å². The average Bonchev–Trinajstić information content (AvgIpc) is 3.10. The van der Waals surface area contributed by atoms with Crippen LogP contribution in [0.2, 0.25) is 0 Å². The van der Waals surface area contributed by atoms with E-state index in [2.05, 4.69) is 40.3 Å². The van der Waals surface area contributed by atoms with Gasteiger partial charge in [-0.15, -0.1) is 0 Å². The average molecular weight is 541 g/mol. The van der Waals surface area contributed by atoms with Crippen LogP contribution >= 0.6 is 27.7 Å². The van der Waals surface area contributed by atoms with Crippen LogP contribution in [0.15, 0.2) is 63.6 Å². The van der Waals surface area contributed by atoms with Gasteiger partial charge in [0.1, 0.15) is 5.25 Å². The molecule has 1 unspecified atom stereocenters. The molecule has 2 aliphatic rings. The topological polar surface area (TPSA) is 61.8 Å². The zero-order valence-electron chi connectivity index (χ0n) is 19.6. The van der Waals surface area contributed by atoms with E-state index in [4.69, 9.17) is 4.99 Å². The molecule has 7 heteroatoms. The summed E-state index contributed by atoms with van der Waals surface area (Å²) in [5.74, 6) is -0.202. The number of thioether (sulfide) groups is 1. The van der Waals surface area contributed by atoms with Crippen LogP contribution < -0.4 is 5.32 Å². The van der Waals surface area contributed by atoms with Crippen LogP contribution in [-0.2, 0) is 9.59 Å². The highest BCUT2D eigenvalue weighted by Crippen LogP contribution is 2.34. The van der Waals surface area contributed by atoms with E-state index in [0.29, 0.717) is 17.4 Å². The number of hydrogen-bond acceptors (Lipinski definition) is 4. The molecule has 1 atom stereocenters. The summed E-state index contributed by atoms with van der Waals surface area (Å²) in [4.78, 5) is 32.7. The third kappa shape index (κ3) is 6.39. The van der Waals surface area contributed by atoms with Crippen LogP contribution in [0.25, 0.3) is 0 Å². The van der Waals surface area contributed by atoms with E-state index < -0.39 is 5.25 Å². The number of allylic oxidation sites excluding steroid dienone is 1. The molecule has 1 aliphatic heterocycles. The Kier molecular flexibility index (Phi) is 8.27. The van der Waals surface area contributed by atoms with Crippen molar-refractivity contribution in [3.05, 3.63) is 69.7 Å². The van der Waals surface area contributed by atoms with Gasteiger partial charge in [-0.2, -0.15) is 0 Å². The van der Waals surface area contributed by atoms with Crippen molar-refractivity contribution >= 4 is 56.0 Å². The van der Waals surface area contributed by atoms with Crippen molar-refractivity contribution in [2.24, 2.45) is 4.99 Å². The molecule has 1 heterocycles. The van der Waals surface area contributed by atoms with Gasteiger partial charge in [-0.25, -0.2) is 4.99 Å². The van der Waals surface area contributed by atoms with Gasteiger partial charge in [0.2, 0.25) is 11.8 Å². The smallest absolute Gasteiger partial charge is 0.242 e. The van der Waals surface area contributed by atoms with Crippen molar-refractivity contribution in [2.75, 3.05) is 11.9 Å². The number of carbonyl (C=O) groups is 2. The monoisotopic (exact) mass is 539 g/mol. The van der Waals surface area contributed by atoms with Gasteiger partial charge in [0.25, 0.3) is 0 Å².